The normalized spacial score (nSPS) is 21.4. The summed E-state index contributed by atoms with van der Waals surface area (Å²) in [5, 5.41) is 25.1. The summed E-state index contributed by atoms with van der Waals surface area (Å²) in [6.45, 7) is 3.95. The molecule has 8 N–H and O–H groups in total. The fraction of sp³-hybridized carbons (Fsp3) is 0.393. The second-order valence-electron chi connectivity index (χ2n) is 10.2. The van der Waals surface area contributed by atoms with Crippen LogP contribution in [0, 0.1) is 5.92 Å². The van der Waals surface area contributed by atoms with Gasteiger partial charge in [-0.3, -0.25) is 20.2 Å². The first-order valence-corrected chi connectivity index (χ1v) is 13.7. The molecular formula is C28H36N6O7S. The number of aliphatic hydroxyl groups is 1. The zero-order valence-electron chi connectivity index (χ0n) is 23.3. The standard InChI is InChI=1S/C28H36N6O7S/c1-17(2)15-31-25(42)34-20-13-28(39,24(36)30-16-22(29)35)14-21(40-26(37)32-18-9-5-3-6-10-18)23(20)41-27(38)33-19-11-7-4-8-12-19/h3-12,17,20-21,23,39H,13-16H2,1-2H3,(H2,29,35)(H,30,36)(H,32,37)(H,33,38)(H2,31,34,42). The number of carbonyl (C=O) groups is 4. The van der Waals surface area contributed by atoms with Crippen molar-refractivity contribution < 1.29 is 33.8 Å². The number of amides is 4. The van der Waals surface area contributed by atoms with Gasteiger partial charge >= 0.3 is 12.2 Å². The second-order valence-corrected chi connectivity index (χ2v) is 10.6. The number of benzene rings is 2. The number of carbonyl (C=O) groups excluding carboxylic acids is 4. The monoisotopic (exact) mass is 600 g/mol. The maximum absolute atomic E-state index is 13.0. The zero-order chi connectivity index (χ0) is 30.7. The van der Waals surface area contributed by atoms with Crippen LogP contribution in [-0.4, -0.2) is 71.2 Å². The molecule has 42 heavy (non-hydrogen) atoms. The van der Waals surface area contributed by atoms with E-state index in [0.717, 1.165) is 0 Å². The van der Waals surface area contributed by atoms with Gasteiger partial charge in [-0.2, -0.15) is 0 Å². The highest BCUT2D eigenvalue weighted by atomic mass is 32.1. The lowest BCUT2D eigenvalue weighted by atomic mass is 9.77. The molecule has 1 saturated carbocycles. The Morgan fingerprint density at radius 2 is 1.48 bits per heavy atom. The molecule has 13 nitrogen and oxygen atoms in total. The number of nitrogens with two attached hydrogens (primary N) is 1. The van der Waals surface area contributed by atoms with E-state index in [4.69, 9.17) is 27.4 Å². The molecule has 1 aliphatic rings. The smallest absolute Gasteiger partial charge is 0.412 e. The quantitative estimate of drug-likeness (QED) is 0.198. The van der Waals surface area contributed by atoms with E-state index in [1.807, 2.05) is 13.8 Å². The Balaban J connectivity index is 1.90. The first-order chi connectivity index (χ1) is 19.9. The largest absolute Gasteiger partial charge is 0.442 e. The van der Waals surface area contributed by atoms with E-state index in [9.17, 15) is 24.3 Å². The second kappa shape index (κ2) is 15.0. The number of hydrogen-bond donors (Lipinski definition) is 7. The van der Waals surface area contributed by atoms with Gasteiger partial charge in [0.2, 0.25) is 5.91 Å². The molecule has 226 valence electrons. The predicted octanol–water partition coefficient (Wildman–Crippen LogP) is 1.84. The van der Waals surface area contributed by atoms with Crippen molar-refractivity contribution in [3.63, 3.8) is 0 Å². The molecule has 4 amide bonds. The highest BCUT2D eigenvalue weighted by molar-refractivity contribution is 7.80. The van der Waals surface area contributed by atoms with Gasteiger partial charge in [-0.25, -0.2) is 9.59 Å². The molecule has 2 aromatic rings. The summed E-state index contributed by atoms with van der Waals surface area (Å²) in [5.74, 6) is -1.49. The average Bonchev–Trinajstić information content (AvgIpc) is 2.93. The van der Waals surface area contributed by atoms with Gasteiger partial charge in [-0.05, 0) is 42.4 Å². The minimum Gasteiger partial charge on any atom is -0.442 e. The zero-order valence-corrected chi connectivity index (χ0v) is 24.1. The highest BCUT2D eigenvalue weighted by Gasteiger charge is 2.53. The predicted molar refractivity (Wildman–Crippen MR) is 159 cm³/mol. The maximum atomic E-state index is 13.0. The van der Waals surface area contributed by atoms with Crippen LogP contribution in [0.25, 0.3) is 0 Å². The molecule has 0 heterocycles. The van der Waals surface area contributed by atoms with Crippen molar-refractivity contribution in [2.45, 2.75) is 50.5 Å². The van der Waals surface area contributed by atoms with Crippen LogP contribution < -0.4 is 32.3 Å². The molecule has 4 atom stereocenters. The molecule has 0 aromatic heterocycles. The molecule has 14 heteroatoms. The van der Waals surface area contributed by atoms with Gasteiger partial charge in [0.05, 0.1) is 12.6 Å². The number of hydrogen-bond acceptors (Lipinski definition) is 8. The first kappa shape index (κ1) is 32.1. The SMILES string of the molecule is CC(C)CNC(=S)NC1CC(O)(C(=O)NCC(N)=O)CC(OC(=O)Nc2ccccc2)C1OC(=O)Nc1ccccc1. The average molecular weight is 601 g/mol. The number of primary amides is 1. The van der Waals surface area contributed by atoms with E-state index < -0.39 is 60.8 Å². The maximum Gasteiger partial charge on any atom is 0.412 e. The molecule has 0 saturated heterocycles. The van der Waals surface area contributed by atoms with Crippen LogP contribution in [0.2, 0.25) is 0 Å². The van der Waals surface area contributed by atoms with Crippen molar-refractivity contribution in [1.82, 2.24) is 16.0 Å². The van der Waals surface area contributed by atoms with Crippen molar-refractivity contribution in [2.75, 3.05) is 23.7 Å². The summed E-state index contributed by atoms with van der Waals surface area (Å²) in [6, 6.07) is 16.0. The van der Waals surface area contributed by atoms with Crippen molar-refractivity contribution in [1.29, 1.82) is 0 Å². The molecule has 2 aromatic carbocycles. The molecule has 0 radical (unpaired) electrons. The van der Waals surface area contributed by atoms with Crippen LogP contribution >= 0.6 is 12.2 Å². The highest BCUT2D eigenvalue weighted by Crippen LogP contribution is 2.34. The lowest BCUT2D eigenvalue weighted by Crippen LogP contribution is -2.65. The van der Waals surface area contributed by atoms with Crippen molar-refractivity contribution in [3.8, 4) is 0 Å². The number of rotatable bonds is 10. The minimum absolute atomic E-state index is 0.167. The molecule has 0 spiro atoms. The third kappa shape index (κ3) is 9.89. The van der Waals surface area contributed by atoms with Crippen LogP contribution in [0.5, 0.6) is 0 Å². The van der Waals surface area contributed by atoms with Crippen molar-refractivity contribution in [3.05, 3.63) is 60.7 Å². The number of nitrogens with one attached hydrogen (secondary N) is 5. The summed E-state index contributed by atoms with van der Waals surface area (Å²) < 4.78 is 11.4. The van der Waals surface area contributed by atoms with Gasteiger partial charge in [0.25, 0.3) is 5.91 Å². The van der Waals surface area contributed by atoms with Gasteiger partial charge in [0.1, 0.15) is 11.7 Å². The number of ether oxygens (including phenoxy) is 2. The third-order valence-electron chi connectivity index (χ3n) is 6.23. The first-order valence-electron chi connectivity index (χ1n) is 13.3. The topological polar surface area (TPSA) is 193 Å². The van der Waals surface area contributed by atoms with E-state index in [-0.39, 0.29) is 17.5 Å². The molecular weight excluding hydrogens is 564 g/mol. The fourth-order valence-corrected chi connectivity index (χ4v) is 4.54. The van der Waals surface area contributed by atoms with E-state index in [1.165, 1.54) is 0 Å². The van der Waals surface area contributed by atoms with Gasteiger partial charge in [-0.1, -0.05) is 50.2 Å². The van der Waals surface area contributed by atoms with Gasteiger partial charge < -0.3 is 36.3 Å². The molecule has 4 unspecified atom stereocenters. The van der Waals surface area contributed by atoms with Gasteiger partial charge in [0.15, 0.2) is 11.2 Å². The Hall–Kier alpha value is -4.43. The Labute approximate surface area is 248 Å². The lowest BCUT2D eigenvalue weighted by molar-refractivity contribution is -0.157. The summed E-state index contributed by atoms with van der Waals surface area (Å²) in [4.78, 5) is 50.2. The summed E-state index contributed by atoms with van der Waals surface area (Å²) in [7, 11) is 0. The Morgan fingerprint density at radius 1 is 0.929 bits per heavy atom. The van der Waals surface area contributed by atoms with Crippen LogP contribution in [-0.2, 0) is 19.1 Å². The Bertz CT molecular complexity index is 1250. The van der Waals surface area contributed by atoms with E-state index in [2.05, 4.69) is 26.6 Å². The molecule has 3 rings (SSSR count). The Kier molecular flexibility index (Phi) is 11.4. The van der Waals surface area contributed by atoms with Crippen molar-refractivity contribution in [2.24, 2.45) is 11.7 Å². The van der Waals surface area contributed by atoms with E-state index >= 15 is 0 Å². The molecule has 0 aliphatic heterocycles. The fourth-order valence-electron chi connectivity index (χ4n) is 4.30. The van der Waals surface area contributed by atoms with Gasteiger partial charge in [-0.15, -0.1) is 0 Å². The number of para-hydroxylation sites is 2. The number of thiocarbonyl (C=S) groups is 1. The summed E-state index contributed by atoms with van der Waals surface area (Å²) in [6.07, 6.45) is -5.10. The van der Waals surface area contributed by atoms with Crippen molar-refractivity contribution >= 4 is 52.7 Å². The van der Waals surface area contributed by atoms with E-state index in [0.29, 0.717) is 17.9 Å². The van der Waals surface area contributed by atoms with Crippen LogP contribution in [0.15, 0.2) is 60.7 Å². The van der Waals surface area contributed by atoms with Crippen LogP contribution in [0.1, 0.15) is 26.7 Å². The molecule has 1 aliphatic carbocycles. The van der Waals surface area contributed by atoms with Crippen LogP contribution in [0.3, 0.4) is 0 Å². The lowest BCUT2D eigenvalue weighted by Gasteiger charge is -2.44. The Morgan fingerprint density at radius 3 is 2.00 bits per heavy atom. The summed E-state index contributed by atoms with van der Waals surface area (Å²) in [5.41, 5.74) is 3.89. The number of anilines is 2. The molecule has 0 bridgehead atoms. The minimum atomic E-state index is -2.16. The third-order valence-corrected chi connectivity index (χ3v) is 6.50. The van der Waals surface area contributed by atoms with E-state index in [1.54, 1.807) is 60.7 Å². The van der Waals surface area contributed by atoms with Crippen LogP contribution in [0.4, 0.5) is 21.0 Å². The van der Waals surface area contributed by atoms with Gasteiger partial charge in [0, 0.05) is 30.8 Å². The molecule has 1 fully saturated rings. The summed E-state index contributed by atoms with van der Waals surface area (Å²) >= 11 is 5.42.